The first-order chi connectivity index (χ1) is 13.3. The Morgan fingerprint density at radius 1 is 0.889 bits per heavy atom. The van der Waals surface area contributed by atoms with Crippen molar-refractivity contribution in [3.05, 3.63) is 11.4 Å². The fourth-order valence-electron chi connectivity index (χ4n) is 4.50. The lowest BCUT2D eigenvalue weighted by Gasteiger charge is -2.20. The van der Waals surface area contributed by atoms with Gasteiger partial charge in [-0.2, -0.15) is 4.68 Å². The fraction of sp³-hybridized carbons (Fsp3) is 0.778. The summed E-state index contributed by atoms with van der Waals surface area (Å²) >= 11 is 0. The Morgan fingerprint density at radius 3 is 2.11 bits per heavy atom. The number of rotatable bonds is 7. The summed E-state index contributed by atoms with van der Waals surface area (Å²) in [6, 6.07) is 1.39. The molecule has 2 aliphatic carbocycles. The van der Waals surface area contributed by atoms with Gasteiger partial charge in [0.25, 0.3) is 0 Å². The Bertz CT molecular complexity index is 715. The van der Waals surface area contributed by atoms with Gasteiger partial charge < -0.3 is 16.4 Å². The molecule has 27 heavy (non-hydrogen) atoms. The zero-order chi connectivity index (χ0) is 18.5. The van der Waals surface area contributed by atoms with Crippen molar-refractivity contribution < 1.29 is 15.3 Å². The van der Waals surface area contributed by atoms with Crippen molar-refractivity contribution in [2.75, 3.05) is 5.73 Å². The highest BCUT2D eigenvalue weighted by atomic mass is 16.6. The van der Waals surface area contributed by atoms with Crippen molar-refractivity contribution >= 4 is 5.82 Å². The van der Waals surface area contributed by atoms with Gasteiger partial charge in [0.1, 0.15) is 24.5 Å². The molecular weight excluding hydrogens is 344 g/mol. The maximum atomic E-state index is 5.91. The fourth-order valence-corrected chi connectivity index (χ4v) is 4.50. The highest BCUT2D eigenvalue weighted by Crippen LogP contribution is 2.18. The number of anilines is 1. The zero-order valence-electron chi connectivity index (χ0n) is 16.0. The maximum absolute atomic E-state index is 5.91. The molecule has 0 amide bonds. The first kappa shape index (κ1) is 18.4. The minimum atomic E-state index is 0.252. The Kier molecular flexibility index (Phi) is 5.98. The molecule has 0 aliphatic heterocycles. The lowest BCUT2D eigenvalue weighted by molar-refractivity contribution is -0.712. The summed E-state index contributed by atoms with van der Waals surface area (Å²) in [6.07, 6.45) is 13.3. The van der Waals surface area contributed by atoms with E-state index < -0.39 is 0 Å². The van der Waals surface area contributed by atoms with Gasteiger partial charge in [0.2, 0.25) is 11.6 Å². The predicted molar refractivity (Wildman–Crippen MR) is 98.6 cm³/mol. The molecule has 9 nitrogen and oxygen atoms in total. The second-order valence-electron chi connectivity index (χ2n) is 8.04. The third-order valence-corrected chi connectivity index (χ3v) is 6.13. The normalized spacial score (nSPS) is 19.6. The lowest BCUT2D eigenvalue weighted by Crippen LogP contribution is -2.90. The van der Waals surface area contributed by atoms with Crippen LogP contribution in [0.1, 0.15) is 75.6 Å². The molecule has 0 spiro atoms. The van der Waals surface area contributed by atoms with E-state index in [1.165, 1.54) is 64.2 Å². The molecule has 0 radical (unpaired) electrons. The molecule has 2 heterocycles. The van der Waals surface area contributed by atoms with Crippen molar-refractivity contribution in [1.82, 2.24) is 25.3 Å². The van der Waals surface area contributed by atoms with Gasteiger partial charge in [-0.1, -0.05) is 18.1 Å². The van der Waals surface area contributed by atoms with E-state index in [9.17, 15) is 0 Å². The molecule has 0 bridgehead atoms. The number of hydrogen-bond donors (Lipinski definition) is 3. The van der Waals surface area contributed by atoms with Crippen molar-refractivity contribution in [3.63, 3.8) is 0 Å². The molecule has 0 saturated heterocycles. The standard InChI is InChI=1S/C18H30N8O/c19-17-18(24-27-23-17)26-16(12-21-14-9-5-2-6-10-14)15(22-25-26)11-20-13-7-3-1-4-8-13/h13-14,20-21H,1-12H2,(H2,19,23)/p+2. The van der Waals surface area contributed by atoms with E-state index in [1.54, 1.807) is 4.68 Å². The van der Waals surface area contributed by atoms with Crippen molar-refractivity contribution in [3.8, 4) is 5.82 Å². The molecule has 6 N–H and O–H groups in total. The van der Waals surface area contributed by atoms with E-state index in [4.69, 9.17) is 10.4 Å². The van der Waals surface area contributed by atoms with Crippen LogP contribution in [0.25, 0.3) is 5.82 Å². The Balaban J connectivity index is 1.48. The SMILES string of the molecule is Nc1nonc1-n1nnc(C[NH2+]C2CCCCC2)c1C[NH2+]C1CCCCC1. The van der Waals surface area contributed by atoms with Crippen LogP contribution < -0.4 is 16.4 Å². The summed E-state index contributed by atoms with van der Waals surface area (Å²) in [7, 11) is 0. The Labute approximate surface area is 159 Å². The number of nitrogens with two attached hydrogens (primary N) is 3. The van der Waals surface area contributed by atoms with E-state index in [0.29, 0.717) is 17.9 Å². The van der Waals surface area contributed by atoms with Gasteiger partial charge in [0, 0.05) is 0 Å². The highest BCUT2D eigenvalue weighted by Gasteiger charge is 2.25. The van der Waals surface area contributed by atoms with Gasteiger partial charge in [0.15, 0.2) is 0 Å². The molecule has 2 aromatic rings. The first-order valence-electron chi connectivity index (χ1n) is 10.5. The second-order valence-corrected chi connectivity index (χ2v) is 8.04. The average Bonchev–Trinajstić information content (AvgIpc) is 3.31. The summed E-state index contributed by atoms with van der Waals surface area (Å²) in [6.45, 7) is 1.68. The smallest absolute Gasteiger partial charge is 0.243 e. The van der Waals surface area contributed by atoms with Crippen molar-refractivity contribution in [2.24, 2.45) is 0 Å². The van der Waals surface area contributed by atoms with Crippen LogP contribution in [-0.2, 0) is 13.1 Å². The van der Waals surface area contributed by atoms with Crippen molar-refractivity contribution in [1.29, 1.82) is 0 Å². The monoisotopic (exact) mass is 376 g/mol. The van der Waals surface area contributed by atoms with Crippen LogP contribution in [0, 0.1) is 0 Å². The number of aromatic nitrogens is 5. The number of nitrogens with zero attached hydrogens (tertiary/aromatic N) is 5. The summed E-state index contributed by atoms with van der Waals surface area (Å²) < 4.78 is 6.50. The Morgan fingerprint density at radius 2 is 1.52 bits per heavy atom. The molecule has 0 aromatic carbocycles. The van der Waals surface area contributed by atoms with E-state index in [-0.39, 0.29) is 5.82 Å². The van der Waals surface area contributed by atoms with Crippen LogP contribution in [0.15, 0.2) is 4.63 Å². The van der Waals surface area contributed by atoms with Gasteiger partial charge in [-0.3, -0.25) is 0 Å². The van der Waals surface area contributed by atoms with Gasteiger partial charge in [0.05, 0.1) is 12.1 Å². The van der Waals surface area contributed by atoms with Crippen LogP contribution >= 0.6 is 0 Å². The van der Waals surface area contributed by atoms with Gasteiger partial charge in [-0.05, 0) is 61.7 Å². The van der Waals surface area contributed by atoms with Crippen LogP contribution in [-0.4, -0.2) is 37.4 Å². The minimum Gasteiger partial charge on any atom is -0.378 e. The molecule has 2 fully saturated rings. The maximum Gasteiger partial charge on any atom is 0.243 e. The number of hydrogen-bond acceptors (Lipinski definition) is 6. The molecule has 0 atom stereocenters. The first-order valence-corrected chi connectivity index (χ1v) is 10.5. The second kappa shape index (κ2) is 8.79. The average molecular weight is 377 g/mol. The van der Waals surface area contributed by atoms with Crippen LogP contribution in [0.4, 0.5) is 5.82 Å². The minimum absolute atomic E-state index is 0.252. The molecule has 2 aromatic heterocycles. The summed E-state index contributed by atoms with van der Waals surface area (Å²) in [5, 5.41) is 21.3. The zero-order valence-corrected chi connectivity index (χ0v) is 16.0. The van der Waals surface area contributed by atoms with Crippen molar-refractivity contribution in [2.45, 2.75) is 89.4 Å². The summed E-state index contributed by atoms with van der Waals surface area (Å²) in [5.74, 6) is 0.695. The van der Waals surface area contributed by atoms with Gasteiger partial charge in [-0.15, -0.1) is 5.10 Å². The molecule has 9 heteroatoms. The summed E-state index contributed by atoms with van der Waals surface area (Å²) in [5.41, 5.74) is 7.99. The topological polar surface area (TPSA) is 129 Å². The summed E-state index contributed by atoms with van der Waals surface area (Å²) in [4.78, 5) is 0. The quantitative estimate of drug-likeness (QED) is 0.625. The molecular formula is C18H32N8O+2. The van der Waals surface area contributed by atoms with E-state index in [0.717, 1.165) is 24.5 Å². The number of nitrogen functional groups attached to an aromatic ring is 1. The Hall–Kier alpha value is -2.00. The number of quaternary nitrogens is 2. The van der Waals surface area contributed by atoms with Crippen LogP contribution in [0.3, 0.4) is 0 Å². The van der Waals surface area contributed by atoms with Gasteiger partial charge in [-0.25, -0.2) is 4.63 Å². The highest BCUT2D eigenvalue weighted by molar-refractivity contribution is 5.44. The largest absolute Gasteiger partial charge is 0.378 e. The molecule has 0 unspecified atom stereocenters. The molecule has 2 saturated carbocycles. The third-order valence-electron chi connectivity index (χ3n) is 6.13. The lowest BCUT2D eigenvalue weighted by atomic mass is 9.95. The van der Waals surface area contributed by atoms with E-state index >= 15 is 0 Å². The van der Waals surface area contributed by atoms with E-state index in [1.807, 2.05) is 0 Å². The van der Waals surface area contributed by atoms with E-state index in [2.05, 4.69) is 31.3 Å². The predicted octanol–water partition coefficient (Wildman–Crippen LogP) is 0.0247. The van der Waals surface area contributed by atoms with Crippen LogP contribution in [0.2, 0.25) is 0 Å². The molecule has 2 aliphatic rings. The molecule has 4 rings (SSSR count). The molecule has 148 valence electrons. The van der Waals surface area contributed by atoms with Gasteiger partial charge >= 0.3 is 0 Å². The van der Waals surface area contributed by atoms with Crippen LogP contribution in [0.5, 0.6) is 0 Å². The third kappa shape index (κ3) is 4.47.